The van der Waals surface area contributed by atoms with Gasteiger partial charge in [0.05, 0.1) is 10.3 Å². The average Bonchev–Trinajstić information content (AvgIpc) is 3.27. The summed E-state index contributed by atoms with van der Waals surface area (Å²) in [5.74, 6) is -0.254. The third kappa shape index (κ3) is 3.60. The van der Waals surface area contributed by atoms with Gasteiger partial charge in [0.2, 0.25) is 0 Å². The minimum atomic E-state index is -3.68. The van der Waals surface area contributed by atoms with Crippen molar-refractivity contribution in [2.45, 2.75) is 4.90 Å². The second kappa shape index (κ2) is 6.93. The highest BCUT2D eigenvalue weighted by Crippen LogP contribution is 2.19. The predicted octanol–water partition coefficient (Wildman–Crippen LogP) is 1.37. The van der Waals surface area contributed by atoms with Gasteiger partial charge in [0.25, 0.3) is 15.9 Å². The Bertz CT molecular complexity index is 1220. The first-order valence-corrected chi connectivity index (χ1v) is 10.4. The highest BCUT2D eigenvalue weighted by Gasteiger charge is 2.17. The lowest BCUT2D eigenvalue weighted by molar-refractivity contribution is -0.112. The zero-order chi connectivity index (χ0) is 18.9. The minimum absolute atomic E-state index is 0.133. The van der Waals surface area contributed by atoms with Crippen LogP contribution in [0.3, 0.4) is 0 Å². The van der Waals surface area contributed by atoms with Gasteiger partial charge in [-0.2, -0.15) is 0 Å². The van der Waals surface area contributed by atoms with E-state index in [4.69, 9.17) is 0 Å². The van der Waals surface area contributed by atoms with Crippen LogP contribution in [-0.2, 0) is 14.8 Å². The quantitative estimate of drug-likeness (QED) is 0.653. The van der Waals surface area contributed by atoms with Crippen LogP contribution in [0, 0.1) is 0 Å². The molecule has 2 heterocycles. The monoisotopic (exact) mass is 398 g/mol. The van der Waals surface area contributed by atoms with Crippen LogP contribution in [0.15, 0.2) is 70.0 Å². The molecule has 0 saturated carbocycles. The molecule has 2 aromatic carbocycles. The van der Waals surface area contributed by atoms with Crippen LogP contribution < -0.4 is 20.6 Å². The molecule has 0 spiro atoms. The number of hydrogen-bond acceptors (Lipinski definition) is 6. The number of hydrogen-bond donors (Lipinski definition) is 2. The maximum absolute atomic E-state index is 12.3. The van der Waals surface area contributed by atoms with E-state index >= 15 is 0 Å². The molecule has 9 heteroatoms. The lowest BCUT2D eigenvalue weighted by atomic mass is 10.2. The third-order valence-corrected chi connectivity index (χ3v) is 6.17. The smallest absolute Gasteiger partial charge is 0.275 e. The Morgan fingerprint density at radius 1 is 1.04 bits per heavy atom. The molecule has 0 saturated heterocycles. The molecule has 27 heavy (non-hydrogen) atoms. The number of nitrogens with zero attached hydrogens (tertiary/aromatic N) is 2. The van der Waals surface area contributed by atoms with Gasteiger partial charge in [-0.1, -0.05) is 18.2 Å². The van der Waals surface area contributed by atoms with Crippen molar-refractivity contribution in [2.75, 3.05) is 16.6 Å². The van der Waals surface area contributed by atoms with Crippen molar-refractivity contribution in [3.8, 4) is 0 Å². The fourth-order valence-corrected chi connectivity index (χ4v) is 4.47. The summed E-state index contributed by atoms with van der Waals surface area (Å²) in [7, 11) is -3.68. The van der Waals surface area contributed by atoms with Crippen LogP contribution in [0.25, 0.3) is 5.57 Å². The van der Waals surface area contributed by atoms with Crippen molar-refractivity contribution in [3.05, 3.63) is 70.7 Å². The topological polar surface area (TPSA) is 101 Å². The summed E-state index contributed by atoms with van der Waals surface area (Å²) in [6, 6.07) is 13.7. The Hall–Kier alpha value is -3.04. The Morgan fingerprint density at radius 2 is 1.81 bits per heavy atom. The van der Waals surface area contributed by atoms with E-state index in [2.05, 4.69) is 20.0 Å². The normalized spacial score (nSPS) is 13.2. The molecule has 136 valence electrons. The standard InChI is InChI=1S/C18H14N4O3S2/c23-17-15(14-3-1-2-4-16(14)21-17)11-20-12-5-7-13(8-6-12)27(24,25)22-18-19-9-10-26-18/h1-10,20H,11H2,(H,19,22). The highest BCUT2D eigenvalue weighted by atomic mass is 32.2. The number of nitrogens with one attached hydrogen (secondary N) is 2. The van der Waals surface area contributed by atoms with Crippen molar-refractivity contribution in [3.63, 3.8) is 0 Å². The zero-order valence-electron chi connectivity index (χ0n) is 13.9. The fourth-order valence-electron chi connectivity index (χ4n) is 2.68. The number of fused-ring (bicyclic) bond motifs is 1. The largest absolute Gasteiger partial charge is 0.381 e. The van der Waals surface area contributed by atoms with E-state index in [0.717, 1.165) is 5.22 Å². The second-order valence-corrected chi connectivity index (χ2v) is 8.31. The summed E-state index contributed by atoms with van der Waals surface area (Å²) in [4.78, 5) is 20.1. The maximum atomic E-state index is 12.3. The Balaban J connectivity index is 1.49. The number of thiazole rings is 1. The van der Waals surface area contributed by atoms with Crippen molar-refractivity contribution in [1.29, 1.82) is 0 Å². The fraction of sp³-hybridized carbons (Fsp3) is 0.0556. The molecular weight excluding hydrogens is 384 g/mol. The van der Waals surface area contributed by atoms with E-state index in [1.54, 1.807) is 23.6 Å². The number of carbonyl (C=O) groups is 1. The van der Waals surface area contributed by atoms with Crippen LogP contribution in [-0.4, -0.2) is 25.9 Å². The van der Waals surface area contributed by atoms with Crippen molar-refractivity contribution in [2.24, 2.45) is 4.99 Å². The third-order valence-electron chi connectivity index (χ3n) is 4.00. The number of carbonyl (C=O) groups excluding carboxylic acids is 1. The molecule has 0 fully saturated rings. The van der Waals surface area contributed by atoms with Gasteiger partial charge < -0.3 is 5.32 Å². The summed E-state index contributed by atoms with van der Waals surface area (Å²) >= 11 is 1.21. The molecule has 3 aromatic rings. The first kappa shape index (κ1) is 17.4. The molecule has 0 bridgehead atoms. The average molecular weight is 398 g/mol. The summed E-state index contributed by atoms with van der Waals surface area (Å²) in [5, 5.41) is 6.64. The minimum Gasteiger partial charge on any atom is -0.381 e. The molecule has 1 aromatic heterocycles. The van der Waals surface area contributed by atoms with Gasteiger partial charge in [0.1, 0.15) is 0 Å². The van der Waals surface area contributed by atoms with Crippen molar-refractivity contribution < 1.29 is 13.2 Å². The number of benzene rings is 2. The zero-order valence-corrected chi connectivity index (χ0v) is 15.5. The number of para-hydroxylation sites is 1. The van der Waals surface area contributed by atoms with Crippen LogP contribution in [0.5, 0.6) is 0 Å². The van der Waals surface area contributed by atoms with Gasteiger partial charge >= 0.3 is 0 Å². The van der Waals surface area contributed by atoms with Gasteiger partial charge in [-0.15, -0.1) is 11.3 Å². The van der Waals surface area contributed by atoms with E-state index in [0.29, 0.717) is 28.3 Å². The van der Waals surface area contributed by atoms with Gasteiger partial charge in [0, 0.05) is 34.6 Å². The molecule has 0 radical (unpaired) electrons. The van der Waals surface area contributed by atoms with E-state index in [1.807, 2.05) is 18.2 Å². The SMILES string of the molecule is O=C1N=c2ccccc2=C1CNc1ccc(S(=O)(=O)Nc2nccs2)cc1. The molecule has 2 N–H and O–H groups in total. The van der Waals surface area contributed by atoms with Gasteiger partial charge in [-0.3, -0.25) is 9.52 Å². The molecule has 0 aliphatic carbocycles. The first-order valence-electron chi connectivity index (χ1n) is 8.00. The van der Waals surface area contributed by atoms with Gasteiger partial charge in [-0.05, 0) is 30.3 Å². The lowest BCUT2D eigenvalue weighted by Gasteiger charge is -2.08. The van der Waals surface area contributed by atoms with Gasteiger partial charge in [-0.25, -0.2) is 18.4 Å². The van der Waals surface area contributed by atoms with Crippen LogP contribution in [0.2, 0.25) is 0 Å². The summed E-state index contributed by atoms with van der Waals surface area (Å²) < 4.78 is 27.1. The summed E-state index contributed by atoms with van der Waals surface area (Å²) in [5.41, 5.74) is 1.29. The van der Waals surface area contributed by atoms with Crippen LogP contribution >= 0.6 is 11.3 Å². The van der Waals surface area contributed by atoms with E-state index < -0.39 is 10.0 Å². The summed E-state index contributed by atoms with van der Waals surface area (Å²) in [6.45, 7) is 0.308. The number of sulfonamides is 1. The molecule has 0 atom stereocenters. The molecule has 1 aliphatic rings. The molecular formula is C18H14N4O3S2. The molecule has 1 amide bonds. The first-order chi connectivity index (χ1) is 13.0. The molecule has 1 aliphatic heterocycles. The number of amides is 1. The summed E-state index contributed by atoms with van der Waals surface area (Å²) in [6.07, 6.45) is 1.53. The van der Waals surface area contributed by atoms with Crippen LogP contribution in [0.1, 0.15) is 0 Å². The molecule has 7 nitrogen and oxygen atoms in total. The number of aromatic nitrogens is 1. The predicted molar refractivity (Wildman–Crippen MR) is 103 cm³/mol. The Morgan fingerprint density at radius 3 is 2.56 bits per heavy atom. The van der Waals surface area contributed by atoms with Crippen molar-refractivity contribution in [1.82, 2.24) is 4.98 Å². The van der Waals surface area contributed by atoms with E-state index in [9.17, 15) is 13.2 Å². The van der Waals surface area contributed by atoms with Gasteiger partial charge in [0.15, 0.2) is 5.13 Å². The molecule has 4 rings (SSSR count). The van der Waals surface area contributed by atoms with E-state index in [-0.39, 0.29) is 10.8 Å². The lowest BCUT2D eigenvalue weighted by Crippen LogP contribution is -2.24. The number of anilines is 2. The number of rotatable bonds is 6. The molecule has 0 unspecified atom stereocenters. The Labute approximate surface area is 159 Å². The van der Waals surface area contributed by atoms with E-state index in [1.165, 1.54) is 29.7 Å². The Kier molecular flexibility index (Phi) is 4.46. The van der Waals surface area contributed by atoms with Crippen LogP contribution in [0.4, 0.5) is 10.8 Å². The van der Waals surface area contributed by atoms with Crippen molar-refractivity contribution >= 4 is 43.7 Å². The maximum Gasteiger partial charge on any atom is 0.275 e. The second-order valence-electron chi connectivity index (χ2n) is 5.73. The highest BCUT2D eigenvalue weighted by molar-refractivity contribution is 7.93.